The molecule has 0 amide bonds. The quantitative estimate of drug-likeness (QED) is 0.194. The summed E-state index contributed by atoms with van der Waals surface area (Å²) in [4.78, 5) is 99.8. The summed E-state index contributed by atoms with van der Waals surface area (Å²) in [6.45, 7) is 69.2. The number of hydrogen-bond donors (Lipinski definition) is 0. The Labute approximate surface area is 584 Å². The van der Waals surface area contributed by atoms with E-state index in [1.807, 2.05) is 145 Å². The Morgan fingerprint density at radius 2 is 0.695 bits per heavy atom. The van der Waals surface area contributed by atoms with Crippen LogP contribution in [-0.4, -0.2) is 214 Å². The second-order valence-corrected chi connectivity index (χ2v) is 35.4. The van der Waals surface area contributed by atoms with E-state index >= 15 is 0 Å². The van der Waals surface area contributed by atoms with Gasteiger partial charge in [0, 0.05) is 126 Å². The molecule has 3 saturated heterocycles. The Kier molecular flexibility index (Phi) is 38.2. The molecule has 7 aliphatic rings. The number of rotatable bonds is 11. The monoisotopic (exact) mass is 1330 g/mol. The number of carbonyl (C=O) groups excluding carboxylic acids is 7. The van der Waals surface area contributed by atoms with Crippen LogP contribution in [0.15, 0.2) is 46.6 Å². The van der Waals surface area contributed by atoms with E-state index in [9.17, 15) is 33.6 Å². The Morgan fingerprint density at radius 3 is 1.05 bits per heavy atom. The summed E-state index contributed by atoms with van der Waals surface area (Å²) >= 11 is 0. The molecule has 0 aromatic carbocycles. The van der Waals surface area contributed by atoms with Crippen molar-refractivity contribution in [1.29, 1.82) is 0 Å². The predicted octanol–water partition coefficient (Wildman–Crippen LogP) is 14.8. The molecular formula is C81H147N7O7. The van der Waals surface area contributed by atoms with Gasteiger partial charge in [0.25, 0.3) is 0 Å². The highest BCUT2D eigenvalue weighted by Gasteiger charge is 2.36. The molecule has 14 heteroatoms. The fourth-order valence-electron chi connectivity index (χ4n) is 12.6. The van der Waals surface area contributed by atoms with Crippen LogP contribution in [0.1, 0.15) is 237 Å². The van der Waals surface area contributed by atoms with Gasteiger partial charge in [-0.25, -0.2) is 0 Å². The van der Waals surface area contributed by atoms with Gasteiger partial charge in [0.05, 0.1) is 0 Å². The number of Topliss-reactive ketones (excluding diaryl/α,β-unsaturated/α-hetero) is 7. The molecule has 548 valence electrons. The minimum atomic E-state index is -0.234. The minimum absolute atomic E-state index is 0.152. The van der Waals surface area contributed by atoms with Gasteiger partial charge in [0.15, 0.2) is 23.1 Å². The zero-order chi connectivity index (χ0) is 73.3. The number of likely N-dealkylation sites (tertiary alicyclic amines) is 3. The maximum absolute atomic E-state index is 12.1. The maximum atomic E-state index is 12.1. The molecule has 7 rings (SSSR count). The molecule has 7 aliphatic heterocycles. The zero-order valence-electron chi connectivity index (χ0n) is 66.8. The summed E-state index contributed by atoms with van der Waals surface area (Å²) in [5.74, 6) is 3.46. The van der Waals surface area contributed by atoms with Gasteiger partial charge in [0.1, 0.15) is 17.3 Å². The van der Waals surface area contributed by atoms with Gasteiger partial charge < -0.3 is 24.5 Å². The lowest BCUT2D eigenvalue weighted by atomic mass is 9.79. The third kappa shape index (κ3) is 33.9. The topological polar surface area (TPSA) is 142 Å². The molecule has 0 N–H and O–H groups in total. The van der Waals surface area contributed by atoms with Gasteiger partial charge >= 0.3 is 0 Å². The molecule has 0 aromatic rings. The van der Waals surface area contributed by atoms with Crippen molar-refractivity contribution in [3.8, 4) is 0 Å². The van der Waals surface area contributed by atoms with Gasteiger partial charge in [-0.3, -0.25) is 43.4 Å². The van der Waals surface area contributed by atoms with E-state index in [0.717, 1.165) is 191 Å². The molecule has 0 saturated carbocycles. The molecule has 0 bridgehead atoms. The third-order valence-corrected chi connectivity index (χ3v) is 19.1. The van der Waals surface area contributed by atoms with E-state index in [-0.39, 0.29) is 43.8 Å². The molecule has 7 heterocycles. The Morgan fingerprint density at radius 1 is 0.326 bits per heavy atom. The fourth-order valence-corrected chi connectivity index (χ4v) is 12.6. The molecule has 0 radical (unpaired) electrons. The normalized spacial score (nSPS) is 20.9. The highest BCUT2D eigenvalue weighted by molar-refractivity contribution is 6.01. The van der Waals surface area contributed by atoms with Crippen LogP contribution in [0.2, 0.25) is 0 Å². The van der Waals surface area contributed by atoms with Crippen LogP contribution in [0.25, 0.3) is 0 Å². The Balaban J connectivity index is 0.000000554. The number of nitrogens with zero attached hydrogens (tertiary/aromatic N) is 7. The van der Waals surface area contributed by atoms with Crippen LogP contribution >= 0.6 is 0 Å². The number of hydrogen-bond acceptors (Lipinski definition) is 14. The molecule has 1 unspecified atom stereocenters. The van der Waals surface area contributed by atoms with Gasteiger partial charge in [-0.1, -0.05) is 197 Å². The van der Waals surface area contributed by atoms with Crippen molar-refractivity contribution < 1.29 is 33.6 Å². The number of piperidine rings is 3. The fraction of sp³-hybridized carbons (Fsp3) is 0.815. The van der Waals surface area contributed by atoms with Crippen molar-refractivity contribution in [2.75, 3.05) is 139 Å². The smallest absolute Gasteiger partial charge is 0.165 e. The first-order chi connectivity index (χ1) is 43.5. The molecule has 14 nitrogen and oxygen atoms in total. The summed E-state index contributed by atoms with van der Waals surface area (Å²) in [5.41, 5.74) is 2.66. The molecular weight excluding hydrogens is 1180 g/mol. The first-order valence-electron chi connectivity index (χ1n) is 37.1. The van der Waals surface area contributed by atoms with E-state index in [4.69, 9.17) is 0 Å². The summed E-state index contributed by atoms with van der Waals surface area (Å²) in [6.07, 6.45) is 18.7. The van der Waals surface area contributed by atoms with Crippen LogP contribution in [0, 0.1) is 55.7 Å². The van der Waals surface area contributed by atoms with Crippen LogP contribution < -0.4 is 0 Å². The summed E-state index contributed by atoms with van der Waals surface area (Å²) in [7, 11) is 6.26. The van der Waals surface area contributed by atoms with Crippen molar-refractivity contribution in [3.05, 3.63) is 46.6 Å². The van der Waals surface area contributed by atoms with Gasteiger partial charge in [0.2, 0.25) is 0 Å². The van der Waals surface area contributed by atoms with Crippen molar-refractivity contribution in [1.82, 2.24) is 34.3 Å². The van der Waals surface area contributed by atoms with Crippen molar-refractivity contribution >= 4 is 40.5 Å². The number of ketones is 7. The SMILES string of the molecule is CCN1CC=C(C(=O)C(C)(C)C)CC1.CCN1CCC(C(=O)C(C)(C)C)CC1.CCN1CCC=C(C(=O)C(C)(C)C)C1.CCN1CCCC(C(=O)C(C)(C)C)C1.CN1CC=C(C(=O)C(C)(C)C)CC1.CN1CCC(C(=O)C(C)(C)C)CC1.CN1CCC=C(C(=O)C(C)(C)C)C1. The van der Waals surface area contributed by atoms with Crippen molar-refractivity contribution in [2.24, 2.45) is 55.7 Å². The number of carbonyl (C=O) groups is 7. The molecule has 0 spiro atoms. The lowest BCUT2D eigenvalue weighted by Crippen LogP contribution is -2.41. The first-order valence-corrected chi connectivity index (χ1v) is 37.1. The van der Waals surface area contributed by atoms with E-state index in [1.54, 1.807) is 0 Å². The van der Waals surface area contributed by atoms with E-state index in [1.165, 1.54) is 13.0 Å². The Bertz CT molecular complexity index is 2530. The lowest BCUT2D eigenvalue weighted by Gasteiger charge is -2.34. The summed E-state index contributed by atoms with van der Waals surface area (Å²) in [6, 6.07) is 0. The van der Waals surface area contributed by atoms with Crippen LogP contribution in [0.5, 0.6) is 0 Å². The highest BCUT2D eigenvalue weighted by Crippen LogP contribution is 2.31. The lowest BCUT2D eigenvalue weighted by molar-refractivity contribution is -0.132. The molecule has 1 atom stereocenters. The second-order valence-electron chi connectivity index (χ2n) is 35.4. The van der Waals surface area contributed by atoms with Gasteiger partial charge in [-0.05, 0) is 155 Å². The summed E-state index contributed by atoms with van der Waals surface area (Å²) < 4.78 is 0. The van der Waals surface area contributed by atoms with Gasteiger partial charge in [-0.2, -0.15) is 0 Å². The maximum Gasteiger partial charge on any atom is 0.165 e. The standard InChI is InChI=1S/C12H23NO.C12H21NO.C12H23NO.C12H21NO.C11H21NO.2C11H19NO/c2*1-5-13-8-6-10(7-9-13)11(14)12(2,3)4;2*1-5-13-8-6-7-10(9-13)11(14)12(2,3)4;2*1-11(2,3)10(13)9-5-7-12(4)8-6-9;1-11(2,3)10(13)9-6-5-7-12(4)8-9/h10H,5-9H2,1-4H3;6H,5,7-9H2,1-4H3;10H,5-9H2,1-4H3;7H,5-6,8-9H2,1-4H3;9H,5-8H2,1-4H3;5H,6-8H2,1-4H3;6H,5,7-8H2,1-4H3. The van der Waals surface area contributed by atoms with E-state index in [0.29, 0.717) is 52.3 Å². The summed E-state index contributed by atoms with van der Waals surface area (Å²) in [5, 5.41) is 0. The third-order valence-electron chi connectivity index (χ3n) is 19.1. The molecule has 95 heavy (non-hydrogen) atoms. The number of likely N-dealkylation sites (N-methyl/N-ethyl adjacent to an activating group) is 4. The van der Waals surface area contributed by atoms with Crippen molar-refractivity contribution in [3.63, 3.8) is 0 Å². The first kappa shape index (κ1) is 89.4. The van der Waals surface area contributed by atoms with E-state index < -0.39 is 0 Å². The largest absolute Gasteiger partial charge is 0.306 e. The van der Waals surface area contributed by atoms with Crippen LogP contribution in [0.3, 0.4) is 0 Å². The zero-order valence-corrected chi connectivity index (χ0v) is 66.8. The average Bonchev–Trinajstić information content (AvgIpc) is 0.941. The van der Waals surface area contributed by atoms with Gasteiger partial charge in [-0.15, -0.1) is 0 Å². The van der Waals surface area contributed by atoms with E-state index in [2.05, 4.69) is 107 Å². The predicted molar refractivity (Wildman–Crippen MR) is 401 cm³/mol. The minimum Gasteiger partial charge on any atom is -0.306 e. The average molecular weight is 1330 g/mol. The molecule has 0 aromatic heterocycles. The highest BCUT2D eigenvalue weighted by atomic mass is 16.2. The van der Waals surface area contributed by atoms with Crippen LogP contribution in [-0.2, 0) is 33.6 Å². The second kappa shape index (κ2) is 40.6. The molecule has 0 aliphatic carbocycles. The van der Waals surface area contributed by atoms with Crippen molar-refractivity contribution in [2.45, 2.75) is 237 Å². The van der Waals surface area contributed by atoms with Crippen LogP contribution in [0.4, 0.5) is 0 Å². The Hall–Kier alpha value is -3.63. The molecule has 3 fully saturated rings.